The number of nitro groups is 1. The number of aromatic hydroxyl groups is 1. The fraction of sp³-hybridized carbons (Fsp3) is 0.125. The molecule has 0 aliphatic carbocycles. The highest BCUT2D eigenvalue weighted by Gasteiger charge is 2.17. The van der Waals surface area contributed by atoms with Crippen LogP contribution in [0.3, 0.4) is 0 Å². The first-order valence-electron chi connectivity index (χ1n) is 7.05. The van der Waals surface area contributed by atoms with E-state index < -0.39 is 22.3 Å². The van der Waals surface area contributed by atoms with Crippen molar-refractivity contribution in [2.45, 2.75) is 6.92 Å². The highest BCUT2D eigenvalue weighted by molar-refractivity contribution is 9.10. The second-order valence-corrected chi connectivity index (χ2v) is 5.93. The summed E-state index contributed by atoms with van der Waals surface area (Å²) >= 11 is 3.11. The molecule has 2 aromatic rings. The number of nitrogens with one attached hydrogen (secondary N) is 1. The van der Waals surface area contributed by atoms with E-state index in [1.807, 2.05) is 19.1 Å². The van der Waals surface area contributed by atoms with E-state index in [0.29, 0.717) is 10.2 Å². The number of rotatable bonds is 6. The molecular weight excluding hydrogens is 394 g/mol. The third-order valence-electron chi connectivity index (χ3n) is 3.03. The van der Waals surface area contributed by atoms with Crippen molar-refractivity contribution in [3.63, 3.8) is 0 Å². The number of hydrogen-bond acceptors (Lipinski definition) is 6. The Morgan fingerprint density at radius 2 is 2.20 bits per heavy atom. The van der Waals surface area contributed by atoms with Crippen LogP contribution in [-0.2, 0) is 4.79 Å². The quantitative estimate of drug-likeness (QED) is 0.434. The molecule has 0 aliphatic heterocycles. The molecule has 0 unspecified atom stereocenters. The number of phenols is 1. The number of ether oxygens (including phenoxy) is 1. The van der Waals surface area contributed by atoms with Crippen molar-refractivity contribution in [1.29, 1.82) is 0 Å². The SMILES string of the molecule is Cc1cccc(OCC(=O)N/N=C/c2cc(Br)cc([N+](=O)[O-])c2O)c1. The lowest BCUT2D eigenvalue weighted by Crippen LogP contribution is -2.24. The third-order valence-corrected chi connectivity index (χ3v) is 3.49. The fourth-order valence-electron chi connectivity index (χ4n) is 1.90. The Morgan fingerprint density at radius 3 is 2.88 bits per heavy atom. The molecule has 130 valence electrons. The number of carbonyl (C=O) groups excluding carboxylic acids is 1. The molecule has 0 radical (unpaired) electrons. The summed E-state index contributed by atoms with van der Waals surface area (Å²) in [5.74, 6) is -0.497. The van der Waals surface area contributed by atoms with Gasteiger partial charge in [-0.15, -0.1) is 0 Å². The van der Waals surface area contributed by atoms with Crippen molar-refractivity contribution in [3.05, 3.63) is 62.1 Å². The lowest BCUT2D eigenvalue weighted by Gasteiger charge is -2.05. The highest BCUT2D eigenvalue weighted by atomic mass is 79.9. The summed E-state index contributed by atoms with van der Waals surface area (Å²) in [4.78, 5) is 21.8. The van der Waals surface area contributed by atoms with Gasteiger partial charge in [-0.05, 0) is 30.7 Å². The van der Waals surface area contributed by atoms with Gasteiger partial charge in [0.2, 0.25) is 5.75 Å². The van der Waals surface area contributed by atoms with Crippen molar-refractivity contribution in [1.82, 2.24) is 5.43 Å². The fourth-order valence-corrected chi connectivity index (χ4v) is 2.37. The summed E-state index contributed by atoms with van der Waals surface area (Å²) in [5.41, 5.74) is 2.84. The molecular formula is C16H14BrN3O5. The molecule has 0 fully saturated rings. The second-order valence-electron chi connectivity index (χ2n) is 5.02. The third kappa shape index (κ3) is 5.28. The second kappa shape index (κ2) is 8.25. The number of halogens is 1. The first-order valence-corrected chi connectivity index (χ1v) is 7.84. The van der Waals surface area contributed by atoms with Gasteiger partial charge in [0.05, 0.1) is 11.1 Å². The zero-order valence-corrected chi connectivity index (χ0v) is 14.7. The summed E-state index contributed by atoms with van der Waals surface area (Å²) in [6.45, 7) is 1.66. The summed E-state index contributed by atoms with van der Waals surface area (Å²) in [7, 11) is 0. The maximum Gasteiger partial charge on any atom is 0.312 e. The summed E-state index contributed by atoms with van der Waals surface area (Å²) < 4.78 is 5.71. The maximum absolute atomic E-state index is 11.7. The smallest absolute Gasteiger partial charge is 0.312 e. The Bertz CT molecular complexity index is 839. The van der Waals surface area contributed by atoms with E-state index in [4.69, 9.17) is 4.74 Å². The number of nitrogens with zero attached hydrogens (tertiary/aromatic N) is 2. The van der Waals surface area contributed by atoms with Gasteiger partial charge in [-0.1, -0.05) is 28.1 Å². The molecule has 8 nitrogen and oxygen atoms in total. The zero-order chi connectivity index (χ0) is 18.4. The van der Waals surface area contributed by atoms with E-state index in [2.05, 4.69) is 26.5 Å². The van der Waals surface area contributed by atoms with E-state index in [-0.39, 0.29) is 12.2 Å². The molecule has 2 aromatic carbocycles. The average molecular weight is 408 g/mol. The first kappa shape index (κ1) is 18.4. The van der Waals surface area contributed by atoms with Gasteiger partial charge in [0.25, 0.3) is 5.91 Å². The van der Waals surface area contributed by atoms with Crippen LogP contribution < -0.4 is 10.2 Å². The zero-order valence-electron chi connectivity index (χ0n) is 13.1. The molecule has 25 heavy (non-hydrogen) atoms. The summed E-state index contributed by atoms with van der Waals surface area (Å²) in [6, 6.07) is 9.82. The molecule has 0 bridgehead atoms. The van der Waals surface area contributed by atoms with Crippen LogP contribution in [0, 0.1) is 17.0 Å². The number of amides is 1. The number of nitro benzene ring substituents is 1. The number of carbonyl (C=O) groups is 1. The Morgan fingerprint density at radius 1 is 1.44 bits per heavy atom. The molecule has 0 aromatic heterocycles. The summed E-state index contributed by atoms with van der Waals surface area (Å²) in [6.07, 6.45) is 1.11. The topological polar surface area (TPSA) is 114 Å². The van der Waals surface area contributed by atoms with Gasteiger partial charge in [-0.2, -0.15) is 5.10 Å². The van der Waals surface area contributed by atoms with Crippen LogP contribution >= 0.6 is 15.9 Å². The van der Waals surface area contributed by atoms with Gasteiger partial charge in [-0.3, -0.25) is 14.9 Å². The minimum absolute atomic E-state index is 0.0842. The van der Waals surface area contributed by atoms with Crippen LogP contribution in [-0.4, -0.2) is 28.8 Å². The molecule has 2 N–H and O–H groups in total. The normalized spacial score (nSPS) is 10.6. The predicted octanol–water partition coefficient (Wildman–Crippen LogP) is 2.90. The predicted molar refractivity (Wildman–Crippen MR) is 94.9 cm³/mol. The minimum Gasteiger partial charge on any atom is -0.502 e. The van der Waals surface area contributed by atoms with Gasteiger partial charge >= 0.3 is 5.69 Å². The van der Waals surface area contributed by atoms with Crippen LogP contribution in [0.15, 0.2) is 46.0 Å². The number of phenolic OH excluding ortho intramolecular Hbond substituents is 1. The largest absolute Gasteiger partial charge is 0.502 e. The Balaban J connectivity index is 1.96. The van der Waals surface area contributed by atoms with Crippen molar-refractivity contribution in [2.75, 3.05) is 6.61 Å². The molecule has 0 saturated heterocycles. The first-order chi connectivity index (χ1) is 11.9. The van der Waals surface area contributed by atoms with E-state index in [1.165, 1.54) is 12.1 Å². The molecule has 0 aliphatic rings. The monoisotopic (exact) mass is 407 g/mol. The molecule has 2 rings (SSSR count). The van der Waals surface area contributed by atoms with Gasteiger partial charge in [0.15, 0.2) is 6.61 Å². The average Bonchev–Trinajstić information content (AvgIpc) is 2.55. The molecule has 1 amide bonds. The number of aryl methyl sites for hydroxylation is 1. The summed E-state index contributed by atoms with van der Waals surface area (Å²) in [5, 5.41) is 24.3. The molecule has 0 atom stereocenters. The van der Waals surface area contributed by atoms with E-state index in [9.17, 15) is 20.0 Å². The molecule has 0 spiro atoms. The number of benzene rings is 2. The minimum atomic E-state index is -0.717. The van der Waals surface area contributed by atoms with Crippen LogP contribution in [0.4, 0.5) is 5.69 Å². The van der Waals surface area contributed by atoms with Gasteiger partial charge in [-0.25, -0.2) is 5.43 Å². The number of hydrazone groups is 1. The van der Waals surface area contributed by atoms with Crippen molar-refractivity contribution in [3.8, 4) is 11.5 Å². The standard InChI is InChI=1S/C16H14BrN3O5/c1-10-3-2-4-13(5-10)25-9-15(21)19-18-8-11-6-12(17)7-14(16(11)22)20(23)24/h2-8,22H,9H2,1H3,(H,19,21)/b18-8+. The van der Waals surface area contributed by atoms with Crippen molar-refractivity contribution >= 4 is 33.7 Å². The Kier molecular flexibility index (Phi) is 6.07. The highest BCUT2D eigenvalue weighted by Crippen LogP contribution is 2.32. The maximum atomic E-state index is 11.7. The van der Waals surface area contributed by atoms with Gasteiger partial charge in [0.1, 0.15) is 5.75 Å². The Labute approximate surface area is 151 Å². The number of hydrogen-bond donors (Lipinski definition) is 2. The van der Waals surface area contributed by atoms with E-state index in [0.717, 1.165) is 11.8 Å². The lowest BCUT2D eigenvalue weighted by molar-refractivity contribution is -0.385. The van der Waals surface area contributed by atoms with E-state index in [1.54, 1.807) is 12.1 Å². The molecule has 9 heteroatoms. The Hall–Kier alpha value is -2.94. The van der Waals surface area contributed by atoms with Crippen LogP contribution in [0.1, 0.15) is 11.1 Å². The lowest BCUT2D eigenvalue weighted by atomic mass is 10.2. The molecule has 0 heterocycles. The van der Waals surface area contributed by atoms with Gasteiger partial charge in [0, 0.05) is 16.1 Å². The van der Waals surface area contributed by atoms with Crippen molar-refractivity contribution < 1.29 is 19.6 Å². The van der Waals surface area contributed by atoms with Crippen LogP contribution in [0.2, 0.25) is 0 Å². The van der Waals surface area contributed by atoms with Crippen LogP contribution in [0.25, 0.3) is 0 Å². The van der Waals surface area contributed by atoms with E-state index >= 15 is 0 Å². The molecule has 0 saturated carbocycles. The van der Waals surface area contributed by atoms with Crippen molar-refractivity contribution in [2.24, 2.45) is 5.10 Å². The van der Waals surface area contributed by atoms with Gasteiger partial charge < -0.3 is 9.84 Å². The van der Waals surface area contributed by atoms with Crippen LogP contribution in [0.5, 0.6) is 11.5 Å².